The highest BCUT2D eigenvalue weighted by Gasteiger charge is 2.55. The van der Waals surface area contributed by atoms with Gasteiger partial charge in [-0.05, 0) is 83.1 Å². The van der Waals surface area contributed by atoms with Crippen molar-refractivity contribution in [3.05, 3.63) is 12.3 Å². The normalized spacial score (nSPS) is 37.6. The molecular formula is C33H58N2O10. The van der Waals surface area contributed by atoms with Crippen molar-refractivity contribution in [3.8, 4) is 0 Å². The molecule has 0 aromatic carbocycles. The lowest BCUT2D eigenvalue weighted by atomic mass is 9.84. The fraction of sp³-hybridized carbons (Fsp3) is 0.909. The average Bonchev–Trinajstić information content (AvgIpc) is 3.83. The summed E-state index contributed by atoms with van der Waals surface area (Å²) in [6, 6.07) is 0.536. The summed E-state index contributed by atoms with van der Waals surface area (Å²) in [5.74, 6) is -1.89. The van der Waals surface area contributed by atoms with Crippen LogP contribution in [0.2, 0.25) is 0 Å². The Morgan fingerprint density at radius 3 is 2.49 bits per heavy atom. The summed E-state index contributed by atoms with van der Waals surface area (Å²) < 4.78 is 18.1. The van der Waals surface area contributed by atoms with Crippen LogP contribution in [0.25, 0.3) is 0 Å². The summed E-state index contributed by atoms with van der Waals surface area (Å²) in [6.07, 6.45) is 6.48. The zero-order valence-electron chi connectivity index (χ0n) is 27.1. The zero-order chi connectivity index (χ0) is 32.6. The lowest BCUT2D eigenvalue weighted by Gasteiger charge is -2.48. The second kappa shape index (κ2) is 17.2. The van der Waals surface area contributed by atoms with Crippen LogP contribution in [0.3, 0.4) is 0 Å². The van der Waals surface area contributed by atoms with Gasteiger partial charge < -0.3 is 55.1 Å². The molecule has 11 atom stereocenters. The van der Waals surface area contributed by atoms with Crippen LogP contribution in [-0.2, 0) is 19.0 Å². The average molecular weight is 643 g/mol. The smallest absolute Gasteiger partial charge is 0.219 e. The molecule has 1 amide bonds. The molecule has 0 radical (unpaired) electrons. The molecule has 3 fully saturated rings. The minimum Gasteiger partial charge on any atom is -0.394 e. The van der Waals surface area contributed by atoms with E-state index in [2.05, 4.69) is 16.4 Å². The minimum atomic E-state index is -1.70. The van der Waals surface area contributed by atoms with E-state index in [-0.39, 0.29) is 24.0 Å². The Hall–Kier alpha value is -1.35. The number of aliphatic hydroxyl groups excluding tert-OH is 6. The number of hydrogen-bond acceptors (Lipinski definition) is 11. The van der Waals surface area contributed by atoms with E-state index in [1.165, 1.54) is 19.8 Å². The lowest BCUT2D eigenvalue weighted by molar-refractivity contribution is -0.369. The highest BCUT2D eigenvalue weighted by atomic mass is 16.7. The van der Waals surface area contributed by atoms with E-state index < -0.39 is 55.1 Å². The first-order chi connectivity index (χ1) is 21.6. The molecule has 12 heteroatoms. The number of nitrogens with zero attached hydrogens (tertiary/aromatic N) is 1. The molecule has 4 aliphatic rings. The van der Waals surface area contributed by atoms with Gasteiger partial charge in [0, 0.05) is 31.6 Å². The van der Waals surface area contributed by atoms with Crippen LogP contribution in [-0.4, -0.2) is 122 Å². The molecule has 2 heterocycles. The first-order valence-electron chi connectivity index (χ1n) is 17.3. The second-order valence-electron chi connectivity index (χ2n) is 13.6. The fourth-order valence-electron chi connectivity index (χ4n) is 7.44. The third-order valence-electron chi connectivity index (χ3n) is 10.1. The van der Waals surface area contributed by atoms with Gasteiger partial charge in [0.05, 0.1) is 31.5 Å². The Morgan fingerprint density at radius 2 is 1.78 bits per heavy atom. The van der Waals surface area contributed by atoms with Crippen molar-refractivity contribution in [2.45, 2.75) is 158 Å². The number of unbranched alkanes of at least 4 members (excludes halogenated alkanes) is 3. The Balaban J connectivity index is 1.34. The highest BCUT2D eigenvalue weighted by molar-refractivity contribution is 5.75. The maximum atomic E-state index is 11.8. The molecule has 2 saturated carbocycles. The summed E-state index contributed by atoms with van der Waals surface area (Å²) in [6.45, 7) is 4.04. The van der Waals surface area contributed by atoms with Crippen LogP contribution >= 0.6 is 0 Å². The van der Waals surface area contributed by atoms with Crippen molar-refractivity contribution in [3.63, 3.8) is 0 Å². The molecule has 7 N–H and O–H groups in total. The Kier molecular flexibility index (Phi) is 13.9. The summed E-state index contributed by atoms with van der Waals surface area (Å²) in [7, 11) is 0. The van der Waals surface area contributed by atoms with Gasteiger partial charge in [-0.15, -0.1) is 0 Å². The molecule has 260 valence electrons. The van der Waals surface area contributed by atoms with Gasteiger partial charge >= 0.3 is 0 Å². The fourth-order valence-corrected chi connectivity index (χ4v) is 7.44. The molecule has 6 unspecified atom stereocenters. The van der Waals surface area contributed by atoms with Crippen LogP contribution in [0.5, 0.6) is 0 Å². The maximum Gasteiger partial charge on any atom is 0.219 e. The van der Waals surface area contributed by atoms with Crippen LogP contribution in [0.15, 0.2) is 12.3 Å². The molecule has 0 spiro atoms. The van der Waals surface area contributed by atoms with Gasteiger partial charge in [0.15, 0.2) is 5.79 Å². The number of aliphatic hydroxyl groups is 6. The van der Waals surface area contributed by atoms with Gasteiger partial charge in [-0.25, -0.2) is 0 Å². The zero-order valence-corrected chi connectivity index (χ0v) is 27.1. The van der Waals surface area contributed by atoms with E-state index in [0.717, 1.165) is 38.5 Å². The van der Waals surface area contributed by atoms with E-state index in [4.69, 9.17) is 14.2 Å². The molecular weight excluding hydrogens is 584 g/mol. The van der Waals surface area contributed by atoms with Gasteiger partial charge in [0.2, 0.25) is 5.91 Å². The van der Waals surface area contributed by atoms with Crippen LogP contribution in [0.1, 0.15) is 97.3 Å². The number of carbonyl (C=O) groups excluding carboxylic acids is 1. The molecule has 0 bridgehead atoms. The largest absolute Gasteiger partial charge is 0.394 e. The molecule has 12 nitrogen and oxygen atoms in total. The summed E-state index contributed by atoms with van der Waals surface area (Å²) in [4.78, 5) is 14.1. The van der Waals surface area contributed by atoms with Gasteiger partial charge in [-0.1, -0.05) is 19.3 Å². The number of amides is 1. The molecule has 45 heavy (non-hydrogen) atoms. The monoisotopic (exact) mass is 642 g/mol. The van der Waals surface area contributed by atoms with Crippen molar-refractivity contribution in [2.75, 3.05) is 19.8 Å². The first-order valence-corrected chi connectivity index (χ1v) is 17.3. The van der Waals surface area contributed by atoms with Crippen LogP contribution in [0.4, 0.5) is 0 Å². The van der Waals surface area contributed by atoms with Crippen molar-refractivity contribution < 1.29 is 49.6 Å². The van der Waals surface area contributed by atoms with E-state index in [1.807, 2.05) is 13.0 Å². The third kappa shape index (κ3) is 9.84. The van der Waals surface area contributed by atoms with Crippen LogP contribution < -0.4 is 5.32 Å². The Bertz CT molecular complexity index is 935. The van der Waals surface area contributed by atoms with Gasteiger partial charge in [0.1, 0.15) is 30.6 Å². The Morgan fingerprint density at radius 1 is 1.04 bits per heavy atom. The van der Waals surface area contributed by atoms with Gasteiger partial charge in [-0.3, -0.25) is 4.79 Å². The van der Waals surface area contributed by atoms with Crippen molar-refractivity contribution in [2.24, 2.45) is 11.8 Å². The van der Waals surface area contributed by atoms with E-state index >= 15 is 0 Å². The maximum absolute atomic E-state index is 11.8. The van der Waals surface area contributed by atoms with E-state index in [9.17, 15) is 35.4 Å². The molecule has 0 aromatic rings. The Labute approximate surface area is 267 Å². The molecule has 2 aliphatic heterocycles. The van der Waals surface area contributed by atoms with Gasteiger partial charge in [0.25, 0.3) is 0 Å². The highest BCUT2D eigenvalue weighted by Crippen LogP contribution is 2.44. The molecule has 2 aliphatic carbocycles. The summed E-state index contributed by atoms with van der Waals surface area (Å²) in [5.41, 5.74) is 0. The predicted molar refractivity (Wildman–Crippen MR) is 165 cm³/mol. The van der Waals surface area contributed by atoms with Crippen molar-refractivity contribution in [1.29, 1.82) is 0 Å². The molecule has 4 rings (SSSR count). The SMILES string of the molecule is CCNC(=O)CCCCCCC1C(O[C@]2(C)O[C@@H](CO)[C@H](O)[C@@H](O)[C@@H]2O)CC(O)C1CCC(O)CCC1OCC=CN1C1CC1. The first kappa shape index (κ1) is 36.5. The number of nitrogens with one attached hydrogen (secondary N) is 1. The van der Waals surface area contributed by atoms with Crippen molar-refractivity contribution >= 4 is 5.91 Å². The summed E-state index contributed by atoms with van der Waals surface area (Å²) in [5, 5.41) is 66.2. The lowest BCUT2D eigenvalue weighted by Crippen LogP contribution is -2.65. The van der Waals surface area contributed by atoms with E-state index in [1.54, 1.807) is 0 Å². The quantitative estimate of drug-likeness (QED) is 0.107. The topological polar surface area (TPSA) is 181 Å². The minimum absolute atomic E-state index is 0.0212. The number of rotatable bonds is 18. The molecule has 0 aromatic heterocycles. The standard InChI is InChI=1S/C33H58N2O10/c1-3-34-28(39)10-7-5-4-6-9-24-23(15-13-22(37)14-16-29-35(21-11-12-21)17-8-18-43-29)25(38)19-26(24)44-33(2)32(42)31(41)30(40)27(20-36)45-33/h8,17,21-27,29-32,36-38,40-42H,3-7,9-16,18-20H2,1-2H3,(H,34,39)/t22?,23?,24?,25?,26?,27-,29?,30-,31+,32-,33+/m0/s1. The number of carbonyl (C=O) groups is 1. The predicted octanol–water partition coefficient (Wildman–Crippen LogP) is 1.29. The number of hydrogen-bond donors (Lipinski definition) is 7. The third-order valence-corrected chi connectivity index (χ3v) is 10.1. The van der Waals surface area contributed by atoms with Crippen LogP contribution in [0, 0.1) is 11.8 Å². The van der Waals surface area contributed by atoms with E-state index in [0.29, 0.717) is 51.3 Å². The summed E-state index contributed by atoms with van der Waals surface area (Å²) >= 11 is 0. The molecule has 1 saturated heterocycles. The second-order valence-corrected chi connectivity index (χ2v) is 13.6. The van der Waals surface area contributed by atoms with Gasteiger partial charge in [-0.2, -0.15) is 0 Å². The van der Waals surface area contributed by atoms with Crippen molar-refractivity contribution in [1.82, 2.24) is 10.2 Å². The number of ether oxygens (including phenoxy) is 3.